The molecule has 3 rings (SSSR count). The van der Waals surface area contributed by atoms with Crippen molar-refractivity contribution in [3.8, 4) is 0 Å². The Morgan fingerprint density at radius 2 is 1.90 bits per heavy atom. The summed E-state index contributed by atoms with van der Waals surface area (Å²) in [5.41, 5.74) is -0.0900. The highest BCUT2D eigenvalue weighted by Crippen LogP contribution is 2.24. The number of carbonyl (C=O) groups excluding carboxylic acids is 1. The van der Waals surface area contributed by atoms with Crippen molar-refractivity contribution >= 4 is 23.4 Å². The van der Waals surface area contributed by atoms with E-state index in [9.17, 15) is 13.6 Å². The van der Waals surface area contributed by atoms with Crippen LogP contribution < -0.4 is 10.2 Å². The van der Waals surface area contributed by atoms with Crippen LogP contribution in [0.15, 0.2) is 30.6 Å². The van der Waals surface area contributed by atoms with Gasteiger partial charge in [-0.2, -0.15) is 0 Å². The van der Waals surface area contributed by atoms with Gasteiger partial charge in [-0.25, -0.2) is 23.5 Å². The number of likely N-dealkylation sites (tertiary alicyclic amines) is 1. The van der Waals surface area contributed by atoms with Crippen molar-refractivity contribution in [1.29, 1.82) is 0 Å². The summed E-state index contributed by atoms with van der Waals surface area (Å²) in [5.74, 6) is -0.195. The molecular formula is C22H29F2N5O2. The van der Waals surface area contributed by atoms with Gasteiger partial charge in [0, 0.05) is 44.5 Å². The monoisotopic (exact) mass is 433 g/mol. The molecule has 1 saturated heterocycles. The molecule has 0 atom stereocenters. The second-order valence-corrected chi connectivity index (χ2v) is 8.81. The molecule has 168 valence electrons. The molecule has 0 spiro atoms. The molecule has 2 aromatic rings. The van der Waals surface area contributed by atoms with Crippen LogP contribution in [0, 0.1) is 17.6 Å². The van der Waals surface area contributed by atoms with Gasteiger partial charge in [0.2, 0.25) is 0 Å². The minimum absolute atomic E-state index is 0.261. The molecule has 1 fully saturated rings. The molecule has 0 radical (unpaired) electrons. The maximum atomic E-state index is 13.4. The van der Waals surface area contributed by atoms with Gasteiger partial charge in [-0.05, 0) is 51.7 Å². The van der Waals surface area contributed by atoms with E-state index in [1.807, 2.05) is 32.7 Å². The number of nitrogens with zero attached hydrogens (tertiary/aromatic N) is 4. The van der Waals surface area contributed by atoms with Gasteiger partial charge < -0.3 is 19.9 Å². The second kappa shape index (κ2) is 9.45. The predicted molar refractivity (Wildman–Crippen MR) is 115 cm³/mol. The molecule has 0 bridgehead atoms. The third-order valence-corrected chi connectivity index (χ3v) is 5.03. The largest absolute Gasteiger partial charge is 0.444 e. The van der Waals surface area contributed by atoms with Crippen molar-refractivity contribution in [1.82, 2.24) is 14.9 Å². The number of ether oxygens (including phenoxy) is 1. The van der Waals surface area contributed by atoms with Crippen LogP contribution in [-0.4, -0.2) is 53.2 Å². The van der Waals surface area contributed by atoms with Crippen LogP contribution in [-0.2, 0) is 4.74 Å². The lowest BCUT2D eigenvalue weighted by Gasteiger charge is -2.35. The molecule has 1 amide bonds. The molecule has 2 heterocycles. The fraction of sp³-hybridized carbons (Fsp3) is 0.500. The van der Waals surface area contributed by atoms with Gasteiger partial charge in [-0.15, -0.1) is 0 Å². The molecule has 31 heavy (non-hydrogen) atoms. The molecule has 0 unspecified atom stereocenters. The van der Waals surface area contributed by atoms with E-state index >= 15 is 0 Å². The lowest BCUT2D eigenvalue weighted by molar-refractivity contribution is 0.0186. The number of nitrogens with one attached hydrogen (secondary N) is 1. The lowest BCUT2D eigenvalue weighted by atomic mass is 9.96. The Bertz CT molecular complexity index is 911. The molecule has 1 aliphatic rings. The number of amides is 1. The Morgan fingerprint density at radius 1 is 1.19 bits per heavy atom. The highest BCUT2D eigenvalue weighted by atomic mass is 19.2. The zero-order valence-electron chi connectivity index (χ0n) is 18.4. The summed E-state index contributed by atoms with van der Waals surface area (Å²) in [6.45, 7) is 7.71. The minimum Gasteiger partial charge on any atom is -0.444 e. The van der Waals surface area contributed by atoms with E-state index in [-0.39, 0.29) is 6.09 Å². The number of hydrogen-bond acceptors (Lipinski definition) is 6. The summed E-state index contributed by atoms with van der Waals surface area (Å²) in [5, 5.41) is 2.97. The SMILES string of the molecule is CN(CC1CCN(C(=O)OC(C)(C)C)CC1)c1cc(Nc2ccc(F)c(F)c2)ncn1. The number of piperidine rings is 1. The smallest absolute Gasteiger partial charge is 0.410 e. The van der Waals surface area contributed by atoms with Crippen molar-refractivity contribution < 1.29 is 18.3 Å². The van der Waals surface area contributed by atoms with Crippen molar-refractivity contribution in [3.05, 3.63) is 42.2 Å². The molecule has 1 aromatic carbocycles. The second-order valence-electron chi connectivity index (χ2n) is 8.81. The van der Waals surface area contributed by atoms with E-state index in [0.717, 1.165) is 37.3 Å². The van der Waals surface area contributed by atoms with E-state index in [4.69, 9.17) is 4.74 Å². The van der Waals surface area contributed by atoms with Gasteiger partial charge >= 0.3 is 6.09 Å². The zero-order chi connectivity index (χ0) is 22.6. The average Bonchev–Trinajstić information content (AvgIpc) is 2.70. The molecule has 1 aromatic heterocycles. The molecule has 0 aliphatic carbocycles. The zero-order valence-corrected chi connectivity index (χ0v) is 18.4. The van der Waals surface area contributed by atoms with Gasteiger partial charge in [-0.1, -0.05) is 0 Å². The van der Waals surface area contributed by atoms with Crippen molar-refractivity contribution in [2.24, 2.45) is 5.92 Å². The third-order valence-electron chi connectivity index (χ3n) is 5.03. The first kappa shape index (κ1) is 22.7. The third kappa shape index (κ3) is 6.50. The van der Waals surface area contributed by atoms with Gasteiger partial charge in [-0.3, -0.25) is 0 Å². The van der Waals surface area contributed by atoms with Gasteiger partial charge in [0.15, 0.2) is 11.6 Å². The first-order valence-corrected chi connectivity index (χ1v) is 10.3. The van der Waals surface area contributed by atoms with Crippen LogP contribution in [0.4, 0.5) is 30.9 Å². The summed E-state index contributed by atoms with van der Waals surface area (Å²) in [7, 11) is 1.95. The highest BCUT2D eigenvalue weighted by molar-refractivity contribution is 5.68. The summed E-state index contributed by atoms with van der Waals surface area (Å²) in [6, 6.07) is 5.36. The van der Waals surface area contributed by atoms with E-state index in [2.05, 4.69) is 15.3 Å². The van der Waals surface area contributed by atoms with Crippen molar-refractivity contribution in [2.75, 3.05) is 36.9 Å². The Balaban J connectivity index is 1.54. The predicted octanol–water partition coefficient (Wildman–Crippen LogP) is 4.58. The molecule has 0 saturated carbocycles. The summed E-state index contributed by atoms with van der Waals surface area (Å²) in [6.07, 6.45) is 2.94. The normalized spacial score (nSPS) is 15.0. The number of halogens is 2. The van der Waals surface area contributed by atoms with E-state index in [1.165, 1.54) is 12.4 Å². The van der Waals surface area contributed by atoms with E-state index < -0.39 is 17.2 Å². The van der Waals surface area contributed by atoms with Crippen LogP contribution in [0.1, 0.15) is 33.6 Å². The fourth-order valence-electron chi connectivity index (χ4n) is 3.45. The molecular weight excluding hydrogens is 404 g/mol. The molecule has 9 heteroatoms. The summed E-state index contributed by atoms with van der Waals surface area (Å²) < 4.78 is 32.0. The number of carbonyl (C=O) groups is 1. The quantitative estimate of drug-likeness (QED) is 0.744. The van der Waals surface area contributed by atoms with E-state index in [1.54, 1.807) is 11.0 Å². The summed E-state index contributed by atoms with van der Waals surface area (Å²) >= 11 is 0. The van der Waals surface area contributed by atoms with Crippen LogP contribution in [0.5, 0.6) is 0 Å². The molecule has 7 nitrogen and oxygen atoms in total. The fourth-order valence-corrected chi connectivity index (χ4v) is 3.45. The minimum atomic E-state index is -0.922. The van der Waals surface area contributed by atoms with Gasteiger partial charge in [0.1, 0.15) is 23.6 Å². The Morgan fingerprint density at radius 3 is 2.55 bits per heavy atom. The molecule has 1 N–H and O–H groups in total. The van der Waals surface area contributed by atoms with Crippen LogP contribution in [0.3, 0.4) is 0 Å². The number of hydrogen-bond donors (Lipinski definition) is 1. The Labute approximate surface area is 181 Å². The Kier molecular flexibility index (Phi) is 6.92. The van der Waals surface area contributed by atoms with Gasteiger partial charge in [0.25, 0.3) is 0 Å². The van der Waals surface area contributed by atoms with Crippen LogP contribution in [0.25, 0.3) is 0 Å². The molecule has 1 aliphatic heterocycles. The number of anilines is 3. The average molecular weight is 434 g/mol. The standard InChI is InChI=1S/C22H29F2N5O2/c1-22(2,3)31-21(30)29-9-7-15(8-10-29)13-28(4)20-12-19(25-14-26-20)27-16-5-6-17(23)18(24)11-16/h5-6,11-12,14-15H,7-10,13H2,1-4H3,(H,25,26,27). The number of rotatable bonds is 5. The number of benzene rings is 1. The maximum absolute atomic E-state index is 13.4. The highest BCUT2D eigenvalue weighted by Gasteiger charge is 2.27. The van der Waals surface area contributed by atoms with Crippen molar-refractivity contribution in [2.45, 2.75) is 39.2 Å². The van der Waals surface area contributed by atoms with Crippen LogP contribution in [0.2, 0.25) is 0 Å². The Hall–Kier alpha value is -2.97. The van der Waals surface area contributed by atoms with Crippen molar-refractivity contribution in [3.63, 3.8) is 0 Å². The maximum Gasteiger partial charge on any atom is 0.410 e. The first-order chi connectivity index (χ1) is 14.6. The first-order valence-electron chi connectivity index (χ1n) is 10.3. The number of aromatic nitrogens is 2. The lowest BCUT2D eigenvalue weighted by Crippen LogP contribution is -2.43. The van der Waals surface area contributed by atoms with E-state index in [0.29, 0.717) is 30.5 Å². The topological polar surface area (TPSA) is 70.6 Å². The van der Waals surface area contributed by atoms with Gasteiger partial charge in [0.05, 0.1) is 0 Å². The summed E-state index contributed by atoms with van der Waals surface area (Å²) in [4.78, 5) is 24.5. The van der Waals surface area contributed by atoms with Crippen LogP contribution >= 0.6 is 0 Å².